The van der Waals surface area contributed by atoms with E-state index in [9.17, 15) is 13.9 Å². The van der Waals surface area contributed by atoms with Gasteiger partial charge >= 0.3 is 0 Å². The Morgan fingerprint density at radius 1 is 1.48 bits per heavy atom. The molecule has 1 aliphatic heterocycles. The van der Waals surface area contributed by atoms with Gasteiger partial charge in [-0.05, 0) is 6.07 Å². The predicted octanol–water partition coefficient (Wildman–Crippen LogP) is 0.466. The summed E-state index contributed by atoms with van der Waals surface area (Å²) in [5.41, 5.74) is 5.80. The zero-order valence-corrected chi connectivity index (χ0v) is 11.2. The fourth-order valence-corrected chi connectivity index (χ4v) is 2.61. The first-order chi connectivity index (χ1) is 9.81. The number of ether oxygens (including phenoxy) is 1. The lowest BCUT2D eigenvalue weighted by Crippen LogP contribution is -2.45. The van der Waals surface area contributed by atoms with E-state index in [0.29, 0.717) is 5.39 Å². The minimum Gasteiger partial charge on any atom is -0.390 e. The van der Waals surface area contributed by atoms with Gasteiger partial charge in [-0.25, -0.2) is 18.7 Å². The van der Waals surface area contributed by atoms with E-state index in [1.807, 2.05) is 0 Å². The maximum absolute atomic E-state index is 14.5. The number of aliphatic hydroxyl groups excluding tert-OH is 2. The number of aliphatic hydroxyl groups is 2. The van der Waals surface area contributed by atoms with Crippen LogP contribution in [0.15, 0.2) is 18.6 Å². The van der Waals surface area contributed by atoms with E-state index in [4.69, 9.17) is 27.2 Å². The smallest absolute Gasteiger partial charge is 0.265 e. The van der Waals surface area contributed by atoms with Gasteiger partial charge < -0.3 is 25.3 Å². The van der Waals surface area contributed by atoms with Gasteiger partial charge in [-0.1, -0.05) is 11.6 Å². The molecule has 7 nitrogen and oxygen atoms in total. The van der Waals surface area contributed by atoms with Crippen molar-refractivity contribution in [3.05, 3.63) is 18.6 Å². The van der Waals surface area contributed by atoms with Gasteiger partial charge in [-0.15, -0.1) is 0 Å². The summed E-state index contributed by atoms with van der Waals surface area (Å²) in [5, 5.41) is 16.0. The summed E-state index contributed by atoms with van der Waals surface area (Å²) in [7, 11) is 0. The number of nitrogens with zero attached hydrogens (tertiary/aromatic N) is 3. The summed E-state index contributed by atoms with van der Waals surface area (Å²) in [6.07, 6.45) is -1.65. The number of hydrogen-bond donors (Lipinski definition) is 3. The van der Waals surface area contributed by atoms with Gasteiger partial charge in [0, 0.05) is 6.20 Å². The van der Waals surface area contributed by atoms with Crippen molar-refractivity contribution < 1.29 is 23.7 Å². The van der Waals surface area contributed by atoms with Crippen molar-refractivity contribution in [2.75, 3.05) is 12.3 Å². The van der Waals surface area contributed by atoms with Crippen LogP contribution in [0, 0.1) is 0 Å². The number of halogens is 3. The Hall–Kier alpha value is -1.55. The summed E-state index contributed by atoms with van der Waals surface area (Å²) in [6, 6.07) is 1.48. The summed E-state index contributed by atoms with van der Waals surface area (Å²) in [6.45, 7) is -1.25. The van der Waals surface area contributed by atoms with Crippen LogP contribution in [0.1, 0.15) is 6.23 Å². The number of fused-ring (bicyclic) bond motifs is 1. The highest BCUT2D eigenvalue weighted by Gasteiger charge is 2.66. The Bertz CT molecular complexity index is 697. The van der Waals surface area contributed by atoms with Crippen LogP contribution in [0.2, 0.25) is 0 Å². The highest BCUT2D eigenvalue weighted by molar-refractivity contribution is 6.23. The van der Waals surface area contributed by atoms with Gasteiger partial charge in [0.05, 0.1) is 5.39 Å². The molecular formula is C11H11ClF2N4O3. The number of nitrogens with two attached hydrogens (primary N) is 1. The molecule has 21 heavy (non-hydrogen) atoms. The molecule has 2 aromatic heterocycles. The van der Waals surface area contributed by atoms with E-state index < -0.39 is 29.9 Å². The number of hydrogen-bond acceptors (Lipinski definition) is 6. The lowest BCUT2D eigenvalue weighted by molar-refractivity contribution is -0.206. The van der Waals surface area contributed by atoms with Crippen molar-refractivity contribution in [3.63, 3.8) is 0 Å². The molecule has 0 saturated carbocycles. The second kappa shape index (κ2) is 4.47. The second-order valence-electron chi connectivity index (χ2n) is 4.71. The van der Waals surface area contributed by atoms with E-state index in [1.165, 1.54) is 12.3 Å². The van der Waals surface area contributed by atoms with E-state index in [2.05, 4.69) is 9.97 Å². The number of anilines is 1. The Morgan fingerprint density at radius 3 is 2.81 bits per heavy atom. The minimum atomic E-state index is -3.02. The Kier molecular flexibility index (Phi) is 3.06. The van der Waals surface area contributed by atoms with E-state index >= 15 is 0 Å². The molecule has 0 amide bonds. The summed E-state index contributed by atoms with van der Waals surface area (Å²) < 4.78 is 34.5. The van der Waals surface area contributed by atoms with E-state index in [0.717, 1.165) is 10.9 Å². The van der Waals surface area contributed by atoms with Crippen molar-refractivity contribution in [3.8, 4) is 0 Å². The molecule has 0 aromatic carbocycles. The molecule has 1 saturated heterocycles. The van der Waals surface area contributed by atoms with Crippen LogP contribution in [0.25, 0.3) is 11.0 Å². The maximum Gasteiger partial charge on any atom is 0.265 e. The fourth-order valence-electron chi connectivity index (χ4n) is 2.30. The highest BCUT2D eigenvalue weighted by atomic mass is 35.5. The van der Waals surface area contributed by atoms with Crippen LogP contribution in [-0.2, 0) is 4.74 Å². The Morgan fingerprint density at radius 2 is 2.19 bits per heavy atom. The van der Waals surface area contributed by atoms with Crippen LogP contribution in [0.5, 0.6) is 0 Å². The predicted molar refractivity (Wildman–Crippen MR) is 68.7 cm³/mol. The molecule has 10 heteroatoms. The zero-order valence-electron chi connectivity index (χ0n) is 10.4. The molecule has 0 bridgehead atoms. The number of rotatable bonds is 2. The molecule has 0 radical (unpaired) electrons. The molecular weight excluding hydrogens is 310 g/mol. The van der Waals surface area contributed by atoms with Crippen molar-refractivity contribution in [1.29, 1.82) is 0 Å². The van der Waals surface area contributed by atoms with Crippen LogP contribution in [0.4, 0.5) is 14.6 Å². The Balaban J connectivity index is 2.13. The van der Waals surface area contributed by atoms with Crippen molar-refractivity contribution in [2.45, 2.75) is 23.3 Å². The van der Waals surface area contributed by atoms with Crippen molar-refractivity contribution in [2.24, 2.45) is 0 Å². The second-order valence-corrected chi connectivity index (χ2v) is 5.29. The van der Waals surface area contributed by atoms with Crippen LogP contribution in [0.3, 0.4) is 0 Å². The molecule has 2 aromatic rings. The van der Waals surface area contributed by atoms with Gasteiger partial charge in [0.2, 0.25) is 0 Å². The van der Waals surface area contributed by atoms with Crippen molar-refractivity contribution in [1.82, 2.24) is 14.5 Å². The van der Waals surface area contributed by atoms with Crippen LogP contribution < -0.4 is 5.73 Å². The minimum absolute atomic E-state index is 0.144. The van der Waals surface area contributed by atoms with E-state index in [-0.39, 0.29) is 11.5 Å². The SMILES string of the molecule is Nc1ncnc2c1ccn2[C@@H]1O[C@](F)(CO)[C@@H](O)[C@]1(F)Cl. The molecule has 0 spiro atoms. The molecule has 4 N–H and O–H groups in total. The van der Waals surface area contributed by atoms with Gasteiger partial charge in [0.1, 0.15) is 24.4 Å². The standard InChI is InChI=1S/C11H11ClF2N4O3/c12-11(14)8(20)10(13,3-19)21-9(11)18-2-1-5-6(15)16-4-17-7(5)18/h1-2,4,8-9,19-20H,3H2,(H2,15,16,17)/t8-,9-,10-,11-/m1/s1. The average molecular weight is 321 g/mol. The highest BCUT2D eigenvalue weighted by Crippen LogP contribution is 2.50. The van der Waals surface area contributed by atoms with Crippen molar-refractivity contribution >= 4 is 28.5 Å². The molecule has 1 aliphatic rings. The molecule has 0 unspecified atom stereocenters. The number of aromatic nitrogens is 3. The quantitative estimate of drug-likeness (QED) is 0.694. The largest absolute Gasteiger partial charge is 0.390 e. The normalized spacial score (nSPS) is 36.4. The lowest BCUT2D eigenvalue weighted by atomic mass is 10.1. The molecule has 4 atom stereocenters. The first-order valence-corrected chi connectivity index (χ1v) is 6.29. The zero-order chi connectivity index (χ0) is 15.4. The average Bonchev–Trinajstić information content (AvgIpc) is 2.94. The third-order valence-corrected chi connectivity index (χ3v) is 3.81. The van der Waals surface area contributed by atoms with Crippen LogP contribution in [-0.4, -0.2) is 48.4 Å². The van der Waals surface area contributed by atoms with E-state index in [1.54, 1.807) is 0 Å². The third kappa shape index (κ3) is 1.89. The monoisotopic (exact) mass is 320 g/mol. The number of nitrogen functional groups attached to an aromatic ring is 1. The van der Waals surface area contributed by atoms with Gasteiger partial charge in [-0.3, -0.25) is 0 Å². The Labute approximate surface area is 121 Å². The summed E-state index contributed by atoms with van der Waals surface area (Å²) >= 11 is 5.59. The van der Waals surface area contributed by atoms with Gasteiger partial charge in [0.15, 0.2) is 12.3 Å². The molecule has 114 valence electrons. The summed E-state index contributed by atoms with van der Waals surface area (Å²) in [4.78, 5) is 7.68. The summed E-state index contributed by atoms with van der Waals surface area (Å²) in [5.74, 6) is -2.87. The van der Waals surface area contributed by atoms with Gasteiger partial charge in [-0.2, -0.15) is 0 Å². The first kappa shape index (κ1) is 14.4. The third-order valence-electron chi connectivity index (χ3n) is 3.42. The topological polar surface area (TPSA) is 106 Å². The lowest BCUT2D eigenvalue weighted by Gasteiger charge is -2.22. The van der Waals surface area contributed by atoms with Crippen LogP contribution >= 0.6 is 11.6 Å². The molecule has 0 aliphatic carbocycles. The molecule has 3 rings (SSSR count). The van der Waals surface area contributed by atoms with Gasteiger partial charge in [0.25, 0.3) is 11.0 Å². The fraction of sp³-hybridized carbons (Fsp3) is 0.455. The number of alkyl halides is 3. The molecule has 3 heterocycles. The maximum atomic E-state index is 14.5. The first-order valence-electron chi connectivity index (χ1n) is 5.92. The molecule has 1 fully saturated rings.